The molecule has 0 bridgehead atoms. The lowest BCUT2D eigenvalue weighted by atomic mass is 10.2. The Hall–Kier alpha value is -3.26. The van der Waals surface area contributed by atoms with Gasteiger partial charge in [0, 0.05) is 13.6 Å². The summed E-state index contributed by atoms with van der Waals surface area (Å²) in [6, 6.07) is 9.84. The number of nitrogens with zero attached hydrogens (tertiary/aromatic N) is 3. The molecule has 0 N–H and O–H groups in total. The third-order valence-electron chi connectivity index (χ3n) is 4.46. The van der Waals surface area contributed by atoms with Gasteiger partial charge in [0.15, 0.2) is 5.76 Å². The molecular weight excluding hydrogens is 410 g/mol. The highest BCUT2D eigenvalue weighted by Gasteiger charge is 2.19. The van der Waals surface area contributed by atoms with Crippen LogP contribution in [-0.2, 0) is 24.4 Å². The highest BCUT2D eigenvalue weighted by molar-refractivity contribution is 6.31. The number of aromatic nitrogens is 2. The zero-order valence-corrected chi connectivity index (χ0v) is 17.7. The second-order valence-electron chi connectivity index (χ2n) is 6.49. The van der Waals surface area contributed by atoms with Crippen LogP contribution >= 0.6 is 11.6 Å². The van der Waals surface area contributed by atoms with Gasteiger partial charge in [-0.2, -0.15) is 5.10 Å². The topological polar surface area (TPSA) is 86.8 Å². The highest BCUT2D eigenvalue weighted by Crippen LogP contribution is 2.20. The van der Waals surface area contributed by atoms with Crippen molar-refractivity contribution in [3.63, 3.8) is 0 Å². The Kier molecular flexibility index (Phi) is 6.79. The maximum absolute atomic E-state index is 12.7. The van der Waals surface area contributed by atoms with E-state index < -0.39 is 5.97 Å². The van der Waals surface area contributed by atoms with Gasteiger partial charge in [0.05, 0.1) is 36.1 Å². The van der Waals surface area contributed by atoms with Gasteiger partial charge in [0.25, 0.3) is 5.91 Å². The highest BCUT2D eigenvalue weighted by atomic mass is 35.5. The van der Waals surface area contributed by atoms with Gasteiger partial charge in [0.2, 0.25) is 0 Å². The smallest absolute Gasteiger partial charge is 0.337 e. The number of rotatable bonds is 8. The number of carbonyl (C=O) groups excluding carboxylic acids is 2. The van der Waals surface area contributed by atoms with Crippen LogP contribution in [0.4, 0.5) is 0 Å². The van der Waals surface area contributed by atoms with Gasteiger partial charge in [-0.3, -0.25) is 9.48 Å². The van der Waals surface area contributed by atoms with Crippen LogP contribution in [0, 0.1) is 0 Å². The average Bonchev–Trinajstić information content (AvgIpc) is 3.38. The van der Waals surface area contributed by atoms with Crippen molar-refractivity contribution in [1.29, 1.82) is 0 Å². The molecule has 0 aliphatic rings. The van der Waals surface area contributed by atoms with Gasteiger partial charge in [-0.15, -0.1) is 0 Å². The predicted molar refractivity (Wildman–Crippen MR) is 110 cm³/mol. The summed E-state index contributed by atoms with van der Waals surface area (Å²) in [5.74, 6) is 0.578. The molecule has 3 aromatic rings. The van der Waals surface area contributed by atoms with E-state index in [1.54, 1.807) is 54.3 Å². The second kappa shape index (κ2) is 9.49. The molecule has 0 aliphatic heterocycles. The Bertz CT molecular complexity index is 1030. The number of benzene rings is 1. The fourth-order valence-electron chi connectivity index (χ4n) is 2.83. The van der Waals surface area contributed by atoms with E-state index in [4.69, 9.17) is 20.8 Å². The number of hydrogen-bond acceptors (Lipinski definition) is 6. The van der Waals surface area contributed by atoms with E-state index in [9.17, 15) is 9.59 Å². The number of hydrogen-bond donors (Lipinski definition) is 0. The first-order valence-electron chi connectivity index (χ1n) is 9.28. The van der Waals surface area contributed by atoms with Crippen molar-refractivity contribution < 1.29 is 23.5 Å². The molecule has 9 heteroatoms. The standard InChI is InChI=1S/C21H22ClN3O5/c1-4-25-18(17(22)11-23-25)12-24(2)20(26)19-10-9-16(30-19)13-29-15-7-5-14(6-8-15)21(27)28-3/h5-11H,4,12-13H2,1-3H3. The van der Waals surface area contributed by atoms with Crippen LogP contribution in [0.25, 0.3) is 0 Å². The van der Waals surface area contributed by atoms with Crippen LogP contribution < -0.4 is 4.74 Å². The van der Waals surface area contributed by atoms with Gasteiger partial charge in [-0.25, -0.2) is 4.79 Å². The maximum atomic E-state index is 12.7. The monoisotopic (exact) mass is 431 g/mol. The summed E-state index contributed by atoms with van der Waals surface area (Å²) in [6.45, 7) is 3.07. The van der Waals surface area contributed by atoms with Crippen LogP contribution in [-0.4, -0.2) is 40.7 Å². The third kappa shape index (κ3) is 4.83. The summed E-state index contributed by atoms with van der Waals surface area (Å²) in [6.07, 6.45) is 1.57. The van der Waals surface area contributed by atoms with E-state index in [0.29, 0.717) is 35.2 Å². The minimum atomic E-state index is -0.414. The van der Waals surface area contributed by atoms with Gasteiger partial charge >= 0.3 is 5.97 Å². The number of aryl methyl sites for hydroxylation is 1. The van der Waals surface area contributed by atoms with E-state index >= 15 is 0 Å². The molecule has 158 valence electrons. The van der Waals surface area contributed by atoms with Crippen molar-refractivity contribution in [3.8, 4) is 5.75 Å². The molecule has 30 heavy (non-hydrogen) atoms. The van der Waals surface area contributed by atoms with Crippen molar-refractivity contribution in [2.24, 2.45) is 0 Å². The molecule has 1 aromatic carbocycles. The third-order valence-corrected chi connectivity index (χ3v) is 4.78. The zero-order valence-electron chi connectivity index (χ0n) is 16.9. The number of methoxy groups -OCH3 is 1. The van der Waals surface area contributed by atoms with Crippen molar-refractivity contribution in [2.75, 3.05) is 14.2 Å². The van der Waals surface area contributed by atoms with Gasteiger partial charge in [-0.1, -0.05) is 11.6 Å². The van der Waals surface area contributed by atoms with Gasteiger partial charge in [0.1, 0.15) is 18.1 Å². The summed E-state index contributed by atoms with van der Waals surface area (Å²) >= 11 is 6.17. The zero-order chi connectivity index (χ0) is 21.7. The van der Waals surface area contributed by atoms with Crippen LogP contribution in [0.2, 0.25) is 5.02 Å². The molecule has 0 saturated carbocycles. The molecule has 0 aliphatic carbocycles. The first-order chi connectivity index (χ1) is 14.4. The molecule has 0 fully saturated rings. The molecular formula is C21H22ClN3O5. The summed E-state index contributed by atoms with van der Waals surface area (Å²) in [5, 5.41) is 4.69. The molecule has 0 saturated heterocycles. The predicted octanol–water partition coefficient (Wildman–Crippen LogP) is 3.79. The van der Waals surface area contributed by atoms with E-state index in [2.05, 4.69) is 9.84 Å². The van der Waals surface area contributed by atoms with Crippen molar-refractivity contribution in [1.82, 2.24) is 14.7 Å². The van der Waals surface area contributed by atoms with Gasteiger partial charge < -0.3 is 18.8 Å². The average molecular weight is 432 g/mol. The van der Waals surface area contributed by atoms with Crippen LogP contribution in [0.5, 0.6) is 5.75 Å². The molecule has 0 radical (unpaired) electrons. The lowest BCUT2D eigenvalue weighted by Crippen LogP contribution is -2.27. The van der Waals surface area contributed by atoms with Crippen molar-refractivity contribution in [3.05, 3.63) is 70.4 Å². The number of furan rings is 1. The fraction of sp³-hybridized carbons (Fsp3) is 0.286. The molecule has 8 nitrogen and oxygen atoms in total. The minimum Gasteiger partial charge on any atom is -0.486 e. The quantitative estimate of drug-likeness (QED) is 0.504. The first kappa shape index (κ1) is 21.4. The Morgan fingerprint density at radius 3 is 2.60 bits per heavy atom. The largest absolute Gasteiger partial charge is 0.486 e. The first-order valence-corrected chi connectivity index (χ1v) is 9.66. The molecule has 2 aromatic heterocycles. The second-order valence-corrected chi connectivity index (χ2v) is 6.89. The number of esters is 1. The summed E-state index contributed by atoms with van der Waals surface area (Å²) in [4.78, 5) is 25.6. The Labute approximate surface area is 178 Å². The summed E-state index contributed by atoms with van der Waals surface area (Å²) in [7, 11) is 3.00. The van der Waals surface area contributed by atoms with E-state index in [0.717, 1.165) is 5.69 Å². The molecule has 0 unspecified atom stereocenters. The Morgan fingerprint density at radius 2 is 1.93 bits per heavy atom. The molecule has 0 spiro atoms. The van der Waals surface area contributed by atoms with E-state index in [1.807, 2.05) is 6.92 Å². The number of amides is 1. The maximum Gasteiger partial charge on any atom is 0.337 e. The number of ether oxygens (including phenoxy) is 2. The lowest BCUT2D eigenvalue weighted by Gasteiger charge is -2.16. The molecule has 0 atom stereocenters. The Balaban J connectivity index is 1.59. The minimum absolute atomic E-state index is 0.142. The van der Waals surface area contributed by atoms with Gasteiger partial charge in [-0.05, 0) is 43.3 Å². The normalized spacial score (nSPS) is 10.7. The lowest BCUT2D eigenvalue weighted by molar-refractivity contribution is 0.0600. The van der Waals surface area contributed by atoms with Crippen LogP contribution in [0.3, 0.4) is 0 Å². The summed E-state index contributed by atoms with van der Waals surface area (Å²) < 4.78 is 17.7. The number of halogens is 1. The molecule has 2 heterocycles. The van der Waals surface area contributed by atoms with E-state index in [1.165, 1.54) is 12.0 Å². The summed E-state index contributed by atoms with van der Waals surface area (Å²) in [5.41, 5.74) is 1.20. The molecule has 3 rings (SSSR count). The van der Waals surface area contributed by atoms with E-state index in [-0.39, 0.29) is 18.3 Å². The molecule has 1 amide bonds. The SMILES string of the molecule is CCn1ncc(Cl)c1CN(C)C(=O)c1ccc(COc2ccc(C(=O)OC)cc2)o1. The van der Waals surface area contributed by atoms with Crippen molar-refractivity contribution in [2.45, 2.75) is 26.6 Å². The fourth-order valence-corrected chi connectivity index (χ4v) is 3.03. The Morgan fingerprint density at radius 1 is 1.20 bits per heavy atom. The number of carbonyl (C=O) groups is 2. The van der Waals surface area contributed by atoms with Crippen molar-refractivity contribution >= 4 is 23.5 Å². The van der Waals surface area contributed by atoms with Crippen LogP contribution in [0.1, 0.15) is 39.3 Å². The van der Waals surface area contributed by atoms with Crippen LogP contribution in [0.15, 0.2) is 47.0 Å².